The Morgan fingerprint density at radius 1 is 1.50 bits per heavy atom. The van der Waals surface area contributed by atoms with Gasteiger partial charge in [-0.1, -0.05) is 5.11 Å². The van der Waals surface area contributed by atoms with Gasteiger partial charge in [0.25, 0.3) is 0 Å². The van der Waals surface area contributed by atoms with Crippen LogP contribution in [-0.2, 0) is 0 Å². The third kappa shape index (κ3) is 0.696. The molecular weight excluding hydrogens is 128 g/mol. The molecule has 2 aliphatic rings. The monoisotopic (exact) mass is 138 g/mol. The highest BCUT2D eigenvalue weighted by atomic mass is 15.2. The molecule has 10 heavy (non-hydrogen) atoms. The highest BCUT2D eigenvalue weighted by molar-refractivity contribution is 5.07. The standard InChI is InChI=1S/C6H10N4/c7-5-2-3-1-4(3)6(5)9-10-8/h3-6H,1-2,7H2/t3-,4-,5-,6?/m1/s1. The predicted octanol–water partition coefficient (Wildman–Crippen LogP) is 1.03. The van der Waals surface area contributed by atoms with E-state index in [2.05, 4.69) is 10.0 Å². The first-order valence-electron chi connectivity index (χ1n) is 3.62. The van der Waals surface area contributed by atoms with Crippen LogP contribution in [0.25, 0.3) is 10.4 Å². The summed E-state index contributed by atoms with van der Waals surface area (Å²) in [6.45, 7) is 0. The van der Waals surface area contributed by atoms with Crippen LogP contribution in [0.4, 0.5) is 0 Å². The topological polar surface area (TPSA) is 74.8 Å². The maximum absolute atomic E-state index is 8.18. The van der Waals surface area contributed by atoms with E-state index in [1.807, 2.05) is 0 Å². The van der Waals surface area contributed by atoms with E-state index in [9.17, 15) is 0 Å². The largest absolute Gasteiger partial charge is 0.327 e. The van der Waals surface area contributed by atoms with Crippen LogP contribution in [0, 0.1) is 11.8 Å². The van der Waals surface area contributed by atoms with E-state index in [1.54, 1.807) is 0 Å². The van der Waals surface area contributed by atoms with Gasteiger partial charge in [0.2, 0.25) is 0 Å². The van der Waals surface area contributed by atoms with Gasteiger partial charge in [-0.25, -0.2) is 0 Å². The molecule has 0 aliphatic heterocycles. The average molecular weight is 138 g/mol. The van der Waals surface area contributed by atoms with E-state index in [0.29, 0.717) is 5.92 Å². The quantitative estimate of drug-likeness (QED) is 0.328. The second-order valence-corrected chi connectivity index (χ2v) is 3.25. The molecule has 0 heterocycles. The van der Waals surface area contributed by atoms with Crippen LogP contribution >= 0.6 is 0 Å². The fourth-order valence-corrected chi connectivity index (χ4v) is 2.00. The number of hydrogen-bond acceptors (Lipinski definition) is 2. The molecule has 0 bridgehead atoms. The first-order valence-corrected chi connectivity index (χ1v) is 3.62. The molecule has 4 nitrogen and oxygen atoms in total. The Morgan fingerprint density at radius 3 is 2.80 bits per heavy atom. The van der Waals surface area contributed by atoms with Gasteiger partial charge >= 0.3 is 0 Å². The van der Waals surface area contributed by atoms with Crippen LogP contribution in [0.1, 0.15) is 12.8 Å². The molecule has 54 valence electrons. The summed E-state index contributed by atoms with van der Waals surface area (Å²) in [5.41, 5.74) is 13.9. The fourth-order valence-electron chi connectivity index (χ4n) is 2.00. The molecule has 0 radical (unpaired) electrons. The smallest absolute Gasteiger partial charge is 0.0556 e. The molecule has 2 fully saturated rings. The number of hydrogen-bond donors (Lipinski definition) is 1. The number of azide groups is 1. The van der Waals surface area contributed by atoms with Gasteiger partial charge in [0, 0.05) is 11.0 Å². The lowest BCUT2D eigenvalue weighted by Crippen LogP contribution is -2.30. The summed E-state index contributed by atoms with van der Waals surface area (Å²) >= 11 is 0. The number of nitrogens with two attached hydrogens (primary N) is 1. The molecule has 2 aliphatic carbocycles. The summed E-state index contributed by atoms with van der Waals surface area (Å²) in [4.78, 5) is 2.79. The number of rotatable bonds is 1. The first kappa shape index (κ1) is 6.01. The summed E-state index contributed by atoms with van der Waals surface area (Å²) in [7, 11) is 0. The van der Waals surface area contributed by atoms with Crippen LogP contribution in [0.2, 0.25) is 0 Å². The van der Waals surface area contributed by atoms with Crippen LogP contribution < -0.4 is 5.73 Å². The summed E-state index contributed by atoms with van der Waals surface area (Å²) in [6, 6.07) is 0.245. The van der Waals surface area contributed by atoms with Crippen molar-refractivity contribution in [1.82, 2.24) is 0 Å². The highest BCUT2D eigenvalue weighted by Gasteiger charge is 2.51. The van der Waals surface area contributed by atoms with Crippen molar-refractivity contribution in [1.29, 1.82) is 0 Å². The van der Waals surface area contributed by atoms with Gasteiger partial charge in [-0.2, -0.15) is 0 Å². The lowest BCUT2D eigenvalue weighted by Gasteiger charge is -2.10. The molecule has 2 saturated carbocycles. The zero-order valence-electron chi connectivity index (χ0n) is 5.64. The van der Waals surface area contributed by atoms with Crippen molar-refractivity contribution < 1.29 is 0 Å². The van der Waals surface area contributed by atoms with Crippen molar-refractivity contribution >= 4 is 0 Å². The molecule has 2 rings (SSSR count). The first-order chi connectivity index (χ1) is 4.83. The summed E-state index contributed by atoms with van der Waals surface area (Å²) < 4.78 is 0. The summed E-state index contributed by atoms with van der Waals surface area (Å²) in [5, 5.41) is 3.68. The van der Waals surface area contributed by atoms with Gasteiger partial charge < -0.3 is 5.73 Å². The van der Waals surface area contributed by atoms with E-state index < -0.39 is 0 Å². The Hall–Kier alpha value is -0.730. The van der Waals surface area contributed by atoms with Crippen LogP contribution in [-0.4, -0.2) is 12.1 Å². The Balaban J connectivity index is 2.11. The molecule has 0 aromatic rings. The maximum atomic E-state index is 8.18. The normalized spacial score (nSPS) is 49.7. The predicted molar refractivity (Wildman–Crippen MR) is 37.1 cm³/mol. The zero-order chi connectivity index (χ0) is 7.14. The third-order valence-corrected chi connectivity index (χ3v) is 2.61. The van der Waals surface area contributed by atoms with Crippen LogP contribution in [0.3, 0.4) is 0 Å². The Labute approximate surface area is 59.0 Å². The minimum Gasteiger partial charge on any atom is -0.327 e. The molecule has 0 saturated heterocycles. The highest BCUT2D eigenvalue weighted by Crippen LogP contribution is 2.52. The van der Waals surface area contributed by atoms with E-state index in [-0.39, 0.29) is 12.1 Å². The molecule has 2 N–H and O–H groups in total. The van der Waals surface area contributed by atoms with Crippen molar-refractivity contribution in [2.45, 2.75) is 24.9 Å². The SMILES string of the molecule is [N-]=[N+]=NC1[C@H](N)C[C@H]2C[C@@H]12. The van der Waals surface area contributed by atoms with Crippen LogP contribution in [0.15, 0.2) is 5.11 Å². The lowest BCUT2D eigenvalue weighted by atomic mass is 10.1. The van der Waals surface area contributed by atoms with Gasteiger partial charge in [-0.3, -0.25) is 0 Å². The molecule has 0 amide bonds. The second-order valence-electron chi connectivity index (χ2n) is 3.25. The molecule has 0 aromatic heterocycles. The van der Waals surface area contributed by atoms with Gasteiger partial charge in [0.15, 0.2) is 0 Å². The maximum Gasteiger partial charge on any atom is 0.0556 e. The van der Waals surface area contributed by atoms with E-state index in [0.717, 1.165) is 12.3 Å². The Morgan fingerprint density at radius 2 is 2.30 bits per heavy atom. The van der Waals surface area contributed by atoms with Crippen molar-refractivity contribution in [2.75, 3.05) is 0 Å². The molecule has 1 unspecified atom stereocenters. The Bertz CT molecular complexity index is 194. The van der Waals surface area contributed by atoms with Crippen LogP contribution in [0.5, 0.6) is 0 Å². The third-order valence-electron chi connectivity index (χ3n) is 2.61. The van der Waals surface area contributed by atoms with Crippen molar-refractivity contribution in [2.24, 2.45) is 22.7 Å². The fraction of sp³-hybridized carbons (Fsp3) is 1.00. The van der Waals surface area contributed by atoms with Crippen molar-refractivity contribution in [3.8, 4) is 0 Å². The van der Waals surface area contributed by atoms with E-state index in [1.165, 1.54) is 6.42 Å². The molecule has 4 atom stereocenters. The molecule has 0 aromatic carbocycles. The van der Waals surface area contributed by atoms with Crippen molar-refractivity contribution in [3.05, 3.63) is 10.4 Å². The lowest BCUT2D eigenvalue weighted by molar-refractivity contribution is 0.527. The molecule has 0 spiro atoms. The molecular formula is C6H10N4. The zero-order valence-corrected chi connectivity index (χ0v) is 5.64. The number of fused-ring (bicyclic) bond motifs is 1. The van der Waals surface area contributed by atoms with E-state index in [4.69, 9.17) is 11.3 Å². The summed E-state index contributed by atoms with van der Waals surface area (Å²) in [5.74, 6) is 1.41. The van der Waals surface area contributed by atoms with Gasteiger partial charge in [-0.05, 0) is 30.2 Å². The van der Waals surface area contributed by atoms with Gasteiger partial charge in [0.05, 0.1) is 6.04 Å². The van der Waals surface area contributed by atoms with E-state index >= 15 is 0 Å². The van der Waals surface area contributed by atoms with Gasteiger partial charge in [-0.15, -0.1) is 0 Å². The minimum absolute atomic E-state index is 0.106. The summed E-state index contributed by atoms with van der Waals surface area (Å²) in [6.07, 6.45) is 2.30. The van der Waals surface area contributed by atoms with Crippen molar-refractivity contribution in [3.63, 3.8) is 0 Å². The Kier molecular flexibility index (Phi) is 1.13. The number of nitrogens with zero attached hydrogens (tertiary/aromatic N) is 3. The second kappa shape index (κ2) is 1.87. The average Bonchev–Trinajstić information content (AvgIpc) is 2.57. The minimum atomic E-state index is 0.106. The van der Waals surface area contributed by atoms with Gasteiger partial charge in [0.1, 0.15) is 0 Å². The molecule has 4 heteroatoms.